The zero-order valence-electron chi connectivity index (χ0n) is 13.3. The molecular weight excluding hydrogens is 330 g/mol. The summed E-state index contributed by atoms with van der Waals surface area (Å²) >= 11 is 1.32. The van der Waals surface area contributed by atoms with Crippen LogP contribution in [0.4, 0.5) is 11.4 Å². The molecule has 2 N–H and O–H groups in total. The molecule has 3 rings (SSSR count). The minimum absolute atomic E-state index is 0.00583. The van der Waals surface area contributed by atoms with Crippen LogP contribution in [0.1, 0.15) is 19.9 Å². The predicted molar refractivity (Wildman–Crippen MR) is 90.3 cm³/mol. The molecule has 1 aliphatic rings. The standard InChI is InChI=1S/C15H17N5O3S/c1-9(2)20-8-16-19-15(20)24-7-14(22)17-10-3-4-12-11(5-10)18-13(21)6-23-12/h3-5,8-9H,6-7H2,1-2H3,(H,17,22)(H,18,21). The van der Waals surface area contributed by atoms with Crippen molar-refractivity contribution >= 4 is 35.0 Å². The SMILES string of the molecule is CC(C)n1cnnc1SCC(=O)Nc1ccc2c(c1)NC(=O)CO2. The smallest absolute Gasteiger partial charge is 0.262 e. The molecule has 0 saturated heterocycles. The Hall–Kier alpha value is -2.55. The van der Waals surface area contributed by atoms with Gasteiger partial charge >= 0.3 is 0 Å². The van der Waals surface area contributed by atoms with Crippen molar-refractivity contribution in [2.75, 3.05) is 23.0 Å². The third-order valence-corrected chi connectivity index (χ3v) is 4.28. The minimum atomic E-state index is -0.213. The van der Waals surface area contributed by atoms with Crippen LogP contribution in [0.3, 0.4) is 0 Å². The van der Waals surface area contributed by atoms with Gasteiger partial charge in [-0.2, -0.15) is 0 Å². The molecule has 0 bridgehead atoms. The summed E-state index contributed by atoms with van der Waals surface area (Å²) in [5.74, 6) is 0.425. The first-order valence-corrected chi connectivity index (χ1v) is 8.40. The molecule has 2 amide bonds. The van der Waals surface area contributed by atoms with Gasteiger partial charge in [0.15, 0.2) is 11.8 Å². The van der Waals surface area contributed by atoms with Crippen LogP contribution < -0.4 is 15.4 Å². The summed E-state index contributed by atoms with van der Waals surface area (Å²) in [4.78, 5) is 23.5. The van der Waals surface area contributed by atoms with E-state index < -0.39 is 0 Å². The number of aromatic nitrogens is 3. The summed E-state index contributed by atoms with van der Waals surface area (Å²) in [6.45, 7) is 4.06. The summed E-state index contributed by atoms with van der Waals surface area (Å²) in [7, 11) is 0. The molecule has 0 atom stereocenters. The Morgan fingerprint density at radius 3 is 3.12 bits per heavy atom. The van der Waals surface area contributed by atoms with Gasteiger partial charge < -0.3 is 19.9 Å². The molecule has 1 aliphatic heterocycles. The first-order chi connectivity index (χ1) is 11.5. The van der Waals surface area contributed by atoms with Crippen molar-refractivity contribution in [3.05, 3.63) is 24.5 Å². The highest BCUT2D eigenvalue weighted by Crippen LogP contribution is 2.30. The van der Waals surface area contributed by atoms with Crippen molar-refractivity contribution in [3.8, 4) is 5.75 Å². The molecule has 0 spiro atoms. The topological polar surface area (TPSA) is 98.1 Å². The summed E-state index contributed by atoms with van der Waals surface area (Å²) < 4.78 is 7.19. The van der Waals surface area contributed by atoms with E-state index in [0.717, 1.165) is 0 Å². The maximum Gasteiger partial charge on any atom is 0.262 e. The number of nitrogens with zero attached hydrogens (tertiary/aromatic N) is 3. The highest BCUT2D eigenvalue weighted by Gasteiger charge is 2.17. The molecule has 0 unspecified atom stereocenters. The fraction of sp³-hybridized carbons (Fsp3) is 0.333. The number of carbonyl (C=O) groups is 2. The van der Waals surface area contributed by atoms with E-state index in [4.69, 9.17) is 4.74 Å². The molecule has 126 valence electrons. The van der Waals surface area contributed by atoms with Crippen molar-refractivity contribution in [3.63, 3.8) is 0 Å². The Labute approximate surface area is 143 Å². The van der Waals surface area contributed by atoms with Crippen LogP contribution in [-0.4, -0.2) is 38.9 Å². The molecule has 2 aromatic rings. The summed E-state index contributed by atoms with van der Waals surface area (Å²) in [5, 5.41) is 14.1. The number of nitrogens with one attached hydrogen (secondary N) is 2. The maximum atomic E-state index is 12.1. The number of fused-ring (bicyclic) bond motifs is 1. The minimum Gasteiger partial charge on any atom is -0.482 e. The van der Waals surface area contributed by atoms with Crippen LogP contribution in [0.5, 0.6) is 5.75 Å². The molecule has 0 aliphatic carbocycles. The molecule has 1 aromatic carbocycles. The predicted octanol–water partition coefficient (Wildman–Crippen LogP) is 1.92. The van der Waals surface area contributed by atoms with E-state index in [2.05, 4.69) is 20.8 Å². The van der Waals surface area contributed by atoms with Gasteiger partial charge in [-0.15, -0.1) is 10.2 Å². The lowest BCUT2D eigenvalue weighted by molar-refractivity contribution is -0.118. The van der Waals surface area contributed by atoms with Crippen LogP contribution >= 0.6 is 11.8 Å². The van der Waals surface area contributed by atoms with Gasteiger partial charge in [-0.3, -0.25) is 9.59 Å². The van der Waals surface area contributed by atoms with E-state index in [1.807, 2.05) is 18.4 Å². The molecule has 2 heterocycles. The van der Waals surface area contributed by atoms with Crippen molar-refractivity contribution in [2.24, 2.45) is 0 Å². The van der Waals surface area contributed by atoms with Gasteiger partial charge in [0.2, 0.25) is 5.91 Å². The van der Waals surface area contributed by atoms with Gasteiger partial charge in [-0.25, -0.2) is 0 Å². The van der Waals surface area contributed by atoms with E-state index in [0.29, 0.717) is 22.3 Å². The molecule has 9 heteroatoms. The zero-order valence-corrected chi connectivity index (χ0v) is 14.1. The normalized spacial score (nSPS) is 13.2. The van der Waals surface area contributed by atoms with Crippen LogP contribution in [0.25, 0.3) is 0 Å². The first-order valence-electron chi connectivity index (χ1n) is 7.42. The number of hydrogen-bond donors (Lipinski definition) is 2. The highest BCUT2D eigenvalue weighted by molar-refractivity contribution is 7.99. The third-order valence-electron chi connectivity index (χ3n) is 3.33. The van der Waals surface area contributed by atoms with Crippen molar-refractivity contribution in [2.45, 2.75) is 25.0 Å². The molecule has 0 fully saturated rings. The number of rotatable bonds is 5. The lowest BCUT2D eigenvalue weighted by atomic mass is 10.2. The molecular formula is C15H17N5O3S. The molecule has 0 saturated carbocycles. The molecule has 0 radical (unpaired) electrons. The largest absolute Gasteiger partial charge is 0.482 e. The lowest BCUT2D eigenvalue weighted by Crippen LogP contribution is -2.25. The Balaban J connectivity index is 1.60. The van der Waals surface area contributed by atoms with Crippen LogP contribution in [-0.2, 0) is 9.59 Å². The van der Waals surface area contributed by atoms with Crippen LogP contribution in [0.15, 0.2) is 29.7 Å². The Morgan fingerprint density at radius 2 is 2.33 bits per heavy atom. The Morgan fingerprint density at radius 1 is 1.50 bits per heavy atom. The van der Waals surface area contributed by atoms with E-state index in [9.17, 15) is 9.59 Å². The van der Waals surface area contributed by atoms with Gasteiger partial charge in [0.25, 0.3) is 5.91 Å². The highest BCUT2D eigenvalue weighted by atomic mass is 32.2. The second-order valence-corrected chi connectivity index (χ2v) is 6.44. The average Bonchev–Trinajstić information content (AvgIpc) is 3.01. The summed E-state index contributed by atoms with van der Waals surface area (Å²) in [5.41, 5.74) is 1.15. The number of anilines is 2. The fourth-order valence-corrected chi connectivity index (χ4v) is 3.02. The van der Waals surface area contributed by atoms with Gasteiger partial charge in [-0.05, 0) is 32.0 Å². The maximum absolute atomic E-state index is 12.1. The zero-order chi connectivity index (χ0) is 17.1. The quantitative estimate of drug-likeness (QED) is 0.802. The van der Waals surface area contributed by atoms with Gasteiger partial charge in [0, 0.05) is 11.7 Å². The number of amides is 2. The van der Waals surface area contributed by atoms with Crippen LogP contribution in [0, 0.1) is 0 Å². The van der Waals surface area contributed by atoms with Crippen LogP contribution in [0.2, 0.25) is 0 Å². The summed E-state index contributed by atoms with van der Waals surface area (Å²) in [6, 6.07) is 5.35. The van der Waals surface area contributed by atoms with E-state index in [1.165, 1.54) is 11.8 Å². The number of thioether (sulfide) groups is 1. The molecule has 1 aromatic heterocycles. The molecule has 8 nitrogen and oxygen atoms in total. The molecule has 24 heavy (non-hydrogen) atoms. The number of benzene rings is 1. The number of ether oxygens (including phenoxy) is 1. The third kappa shape index (κ3) is 3.67. The lowest BCUT2D eigenvalue weighted by Gasteiger charge is -2.18. The Kier molecular flexibility index (Phi) is 4.70. The van der Waals surface area contributed by atoms with Gasteiger partial charge in [0.05, 0.1) is 11.4 Å². The van der Waals surface area contributed by atoms with Crippen molar-refractivity contribution in [1.29, 1.82) is 0 Å². The van der Waals surface area contributed by atoms with E-state index in [1.54, 1.807) is 24.5 Å². The van der Waals surface area contributed by atoms with Crippen molar-refractivity contribution in [1.82, 2.24) is 14.8 Å². The average molecular weight is 347 g/mol. The fourth-order valence-electron chi connectivity index (χ4n) is 2.18. The van der Waals surface area contributed by atoms with E-state index >= 15 is 0 Å². The Bertz CT molecular complexity index is 774. The summed E-state index contributed by atoms with van der Waals surface area (Å²) in [6.07, 6.45) is 1.65. The second kappa shape index (κ2) is 6.91. The monoisotopic (exact) mass is 347 g/mol. The second-order valence-electron chi connectivity index (χ2n) is 5.50. The number of hydrogen-bond acceptors (Lipinski definition) is 6. The number of carbonyl (C=O) groups excluding carboxylic acids is 2. The first kappa shape index (κ1) is 16.3. The van der Waals surface area contributed by atoms with Gasteiger partial charge in [0.1, 0.15) is 12.1 Å². The van der Waals surface area contributed by atoms with E-state index in [-0.39, 0.29) is 30.2 Å². The van der Waals surface area contributed by atoms with Crippen molar-refractivity contribution < 1.29 is 14.3 Å². The van der Waals surface area contributed by atoms with Gasteiger partial charge in [-0.1, -0.05) is 11.8 Å².